The molecule has 26 heavy (non-hydrogen) atoms. The Bertz CT molecular complexity index is 681. The third-order valence-electron chi connectivity index (χ3n) is 3.97. The molecule has 1 amide bonds. The molecule has 1 fully saturated rings. The van der Waals surface area contributed by atoms with Gasteiger partial charge in [-0.15, -0.1) is 13.2 Å². The van der Waals surface area contributed by atoms with Crippen LogP contribution in [0.3, 0.4) is 0 Å². The predicted octanol–water partition coefficient (Wildman–Crippen LogP) is 4.00. The van der Waals surface area contributed by atoms with Gasteiger partial charge in [0, 0.05) is 11.5 Å². The summed E-state index contributed by atoms with van der Waals surface area (Å²) < 4.78 is 45.6. The number of ether oxygens (including phenoxy) is 2. The molecule has 1 aliphatic rings. The standard InChI is InChI=1S/C17H20F3N3O3/c18-17(19,20)26-13-9-5-8-12(10-13)15(24)23-16(22)25-14(21)11-6-3-1-2-4-7-11/h5,8-11,21H,1-4,6-7H2,(H2,22,23,24). The highest BCUT2D eigenvalue weighted by Crippen LogP contribution is 2.25. The van der Waals surface area contributed by atoms with Crippen LogP contribution in [-0.4, -0.2) is 24.2 Å². The van der Waals surface area contributed by atoms with E-state index in [2.05, 4.69) is 9.73 Å². The summed E-state index contributed by atoms with van der Waals surface area (Å²) >= 11 is 0. The number of aliphatic imine (C=N–C) groups is 1. The van der Waals surface area contributed by atoms with E-state index in [0.717, 1.165) is 50.7 Å². The summed E-state index contributed by atoms with van der Waals surface area (Å²) in [4.78, 5) is 15.5. The van der Waals surface area contributed by atoms with Crippen molar-refractivity contribution in [2.75, 3.05) is 0 Å². The Morgan fingerprint density at radius 3 is 2.46 bits per heavy atom. The maximum atomic E-state index is 12.2. The van der Waals surface area contributed by atoms with Crippen molar-refractivity contribution in [2.45, 2.75) is 44.9 Å². The fourth-order valence-corrected chi connectivity index (χ4v) is 2.75. The van der Waals surface area contributed by atoms with Crippen molar-refractivity contribution in [1.82, 2.24) is 0 Å². The Kier molecular flexibility index (Phi) is 6.59. The molecule has 0 bridgehead atoms. The van der Waals surface area contributed by atoms with Gasteiger partial charge in [0.1, 0.15) is 5.75 Å². The number of nitrogens with one attached hydrogen (secondary N) is 1. The van der Waals surface area contributed by atoms with Gasteiger partial charge in [-0.05, 0) is 31.0 Å². The van der Waals surface area contributed by atoms with Gasteiger partial charge in [-0.25, -0.2) is 0 Å². The first-order valence-electron chi connectivity index (χ1n) is 8.25. The van der Waals surface area contributed by atoms with E-state index in [9.17, 15) is 18.0 Å². The largest absolute Gasteiger partial charge is 0.573 e. The number of carbonyl (C=O) groups is 1. The van der Waals surface area contributed by atoms with E-state index in [1.807, 2.05) is 0 Å². The highest BCUT2D eigenvalue weighted by atomic mass is 19.4. The van der Waals surface area contributed by atoms with Crippen LogP contribution in [0.2, 0.25) is 0 Å². The Morgan fingerprint density at radius 2 is 1.85 bits per heavy atom. The van der Waals surface area contributed by atoms with Crippen molar-refractivity contribution in [3.05, 3.63) is 29.8 Å². The number of nitrogens with zero attached hydrogens (tertiary/aromatic N) is 1. The summed E-state index contributed by atoms with van der Waals surface area (Å²) in [6.07, 6.45) is 0.996. The Hall–Kier alpha value is -2.58. The van der Waals surface area contributed by atoms with E-state index >= 15 is 0 Å². The Labute approximate surface area is 148 Å². The average Bonchev–Trinajstić information content (AvgIpc) is 2.82. The lowest BCUT2D eigenvalue weighted by Gasteiger charge is -2.15. The molecule has 1 aromatic rings. The van der Waals surface area contributed by atoms with Gasteiger partial charge in [-0.3, -0.25) is 10.2 Å². The van der Waals surface area contributed by atoms with Crippen LogP contribution >= 0.6 is 0 Å². The lowest BCUT2D eigenvalue weighted by molar-refractivity contribution is -0.274. The van der Waals surface area contributed by atoms with Gasteiger partial charge in [0.05, 0.1) is 0 Å². The number of alkyl halides is 3. The topological polar surface area (TPSA) is 97.8 Å². The quantitative estimate of drug-likeness (QED) is 0.477. The molecular weight excluding hydrogens is 351 g/mol. The van der Waals surface area contributed by atoms with Crippen LogP contribution in [0.4, 0.5) is 13.2 Å². The SMILES string of the molecule is N=C(OC(N)=NC(=O)c1cccc(OC(F)(F)F)c1)C1CCCCCC1. The van der Waals surface area contributed by atoms with E-state index in [1.165, 1.54) is 12.1 Å². The number of amides is 1. The fourth-order valence-electron chi connectivity index (χ4n) is 2.75. The van der Waals surface area contributed by atoms with Crippen LogP contribution in [0.25, 0.3) is 0 Å². The molecule has 1 aliphatic carbocycles. The van der Waals surface area contributed by atoms with Gasteiger partial charge < -0.3 is 15.2 Å². The predicted molar refractivity (Wildman–Crippen MR) is 89.1 cm³/mol. The molecule has 6 nitrogen and oxygen atoms in total. The monoisotopic (exact) mass is 371 g/mol. The Morgan fingerprint density at radius 1 is 1.19 bits per heavy atom. The normalized spacial score (nSPS) is 16.7. The van der Waals surface area contributed by atoms with Gasteiger partial charge in [-0.1, -0.05) is 31.7 Å². The molecule has 9 heteroatoms. The molecule has 1 saturated carbocycles. The van der Waals surface area contributed by atoms with Crippen molar-refractivity contribution in [3.8, 4) is 5.75 Å². The summed E-state index contributed by atoms with van der Waals surface area (Å²) in [5, 5.41) is 7.95. The van der Waals surface area contributed by atoms with Crippen LogP contribution in [0.1, 0.15) is 48.9 Å². The van der Waals surface area contributed by atoms with Crippen molar-refractivity contribution in [1.29, 1.82) is 5.41 Å². The molecular formula is C17H20F3N3O3. The average molecular weight is 371 g/mol. The minimum Gasteiger partial charge on any atom is -0.411 e. The summed E-state index contributed by atoms with van der Waals surface area (Å²) in [6.45, 7) is 0. The zero-order chi connectivity index (χ0) is 19.2. The molecule has 0 aliphatic heterocycles. The molecule has 142 valence electrons. The number of rotatable bonds is 3. The highest BCUT2D eigenvalue weighted by Gasteiger charge is 2.31. The fraction of sp³-hybridized carbons (Fsp3) is 0.471. The van der Waals surface area contributed by atoms with Crippen molar-refractivity contribution < 1.29 is 27.4 Å². The highest BCUT2D eigenvalue weighted by molar-refractivity contribution is 6.03. The lowest BCUT2D eigenvalue weighted by Crippen LogP contribution is -2.26. The van der Waals surface area contributed by atoms with Crippen molar-refractivity contribution >= 4 is 17.8 Å². The molecule has 0 aromatic heterocycles. The number of carbonyl (C=O) groups excluding carboxylic acids is 1. The van der Waals surface area contributed by atoms with E-state index < -0.39 is 24.0 Å². The molecule has 0 unspecified atom stereocenters. The summed E-state index contributed by atoms with van der Waals surface area (Å²) in [5.74, 6) is -1.53. The smallest absolute Gasteiger partial charge is 0.411 e. The number of nitrogens with two attached hydrogens (primary N) is 1. The van der Waals surface area contributed by atoms with Gasteiger partial charge in [-0.2, -0.15) is 4.99 Å². The second kappa shape index (κ2) is 8.68. The van der Waals surface area contributed by atoms with E-state index in [-0.39, 0.29) is 17.4 Å². The number of amidine groups is 1. The molecule has 2 rings (SSSR count). The maximum absolute atomic E-state index is 12.2. The van der Waals surface area contributed by atoms with Crippen molar-refractivity contribution in [3.63, 3.8) is 0 Å². The molecule has 0 heterocycles. The molecule has 0 saturated heterocycles. The third kappa shape index (κ3) is 6.38. The Balaban J connectivity index is 2.00. The molecule has 1 aromatic carbocycles. The van der Waals surface area contributed by atoms with Crippen LogP contribution in [-0.2, 0) is 4.74 Å². The maximum Gasteiger partial charge on any atom is 0.573 e. The van der Waals surface area contributed by atoms with Gasteiger partial charge in [0.2, 0.25) is 0 Å². The van der Waals surface area contributed by atoms with Crippen LogP contribution < -0.4 is 10.5 Å². The molecule has 0 spiro atoms. The number of hydrogen-bond acceptors (Lipinski definition) is 4. The summed E-state index contributed by atoms with van der Waals surface area (Å²) in [6, 6.07) is 3.97. The minimum absolute atomic E-state index is 0.0462. The van der Waals surface area contributed by atoms with E-state index in [1.54, 1.807) is 0 Å². The molecule has 0 atom stereocenters. The minimum atomic E-state index is -4.86. The van der Waals surface area contributed by atoms with Gasteiger partial charge >= 0.3 is 6.36 Å². The number of halogens is 3. The van der Waals surface area contributed by atoms with E-state index in [4.69, 9.17) is 15.9 Å². The van der Waals surface area contributed by atoms with Crippen molar-refractivity contribution in [2.24, 2.45) is 16.6 Å². The third-order valence-corrected chi connectivity index (χ3v) is 3.97. The second-order valence-corrected chi connectivity index (χ2v) is 5.99. The summed E-state index contributed by atoms with van der Waals surface area (Å²) in [5.41, 5.74) is 5.41. The first-order chi connectivity index (χ1) is 12.2. The number of hydrogen-bond donors (Lipinski definition) is 2. The number of benzene rings is 1. The van der Waals surface area contributed by atoms with Crippen LogP contribution in [0.15, 0.2) is 29.3 Å². The molecule has 3 N–H and O–H groups in total. The first kappa shape index (κ1) is 19.7. The zero-order valence-corrected chi connectivity index (χ0v) is 14.0. The zero-order valence-electron chi connectivity index (χ0n) is 14.0. The van der Waals surface area contributed by atoms with Crippen LogP contribution in [0.5, 0.6) is 5.75 Å². The second-order valence-electron chi connectivity index (χ2n) is 5.99. The molecule has 0 radical (unpaired) electrons. The summed E-state index contributed by atoms with van der Waals surface area (Å²) in [7, 11) is 0. The van der Waals surface area contributed by atoms with Gasteiger partial charge in [0.25, 0.3) is 11.9 Å². The van der Waals surface area contributed by atoms with Gasteiger partial charge in [0.15, 0.2) is 5.90 Å². The lowest BCUT2D eigenvalue weighted by atomic mass is 10.0. The first-order valence-corrected chi connectivity index (χ1v) is 8.25. The van der Waals surface area contributed by atoms with Crippen LogP contribution in [0, 0.1) is 11.3 Å². The van der Waals surface area contributed by atoms with E-state index in [0.29, 0.717) is 0 Å².